The molecule has 0 amide bonds. The highest BCUT2D eigenvalue weighted by Crippen LogP contribution is 2.32. The van der Waals surface area contributed by atoms with E-state index in [0.717, 1.165) is 25.2 Å². The fourth-order valence-electron chi connectivity index (χ4n) is 2.44. The van der Waals surface area contributed by atoms with Gasteiger partial charge in [0.2, 0.25) is 0 Å². The van der Waals surface area contributed by atoms with Crippen molar-refractivity contribution >= 4 is 5.71 Å². The highest BCUT2D eigenvalue weighted by molar-refractivity contribution is 5.92. The molecule has 0 unspecified atom stereocenters. The second kappa shape index (κ2) is 5.51. The molecule has 2 aliphatic heterocycles. The van der Waals surface area contributed by atoms with Gasteiger partial charge in [0.1, 0.15) is 11.4 Å². The van der Waals surface area contributed by atoms with Crippen LogP contribution in [0.25, 0.3) is 0 Å². The quantitative estimate of drug-likeness (QED) is 0.832. The molecule has 0 saturated carbocycles. The lowest BCUT2D eigenvalue weighted by atomic mass is 9.89. The zero-order valence-electron chi connectivity index (χ0n) is 13.7. The Labute approximate surface area is 123 Å². The number of aliphatic imine (C=N–C) groups is 1. The van der Waals surface area contributed by atoms with Crippen molar-refractivity contribution in [1.29, 1.82) is 0 Å². The molecule has 0 aliphatic carbocycles. The molecular weight excluding hydrogens is 248 g/mol. The Morgan fingerprint density at radius 1 is 1.35 bits per heavy atom. The summed E-state index contributed by atoms with van der Waals surface area (Å²) >= 11 is 0. The van der Waals surface area contributed by atoms with E-state index in [4.69, 9.17) is 4.99 Å². The molecule has 112 valence electrons. The van der Waals surface area contributed by atoms with E-state index in [9.17, 15) is 0 Å². The van der Waals surface area contributed by atoms with E-state index in [1.165, 1.54) is 17.1 Å². The van der Waals surface area contributed by atoms with Gasteiger partial charge in [-0.1, -0.05) is 41.5 Å². The molecule has 0 aromatic heterocycles. The van der Waals surface area contributed by atoms with E-state index < -0.39 is 0 Å². The van der Waals surface area contributed by atoms with Crippen LogP contribution >= 0.6 is 0 Å². The van der Waals surface area contributed by atoms with Crippen LogP contribution in [0.15, 0.2) is 28.3 Å². The van der Waals surface area contributed by atoms with Gasteiger partial charge in [0.05, 0.1) is 12.2 Å². The minimum atomic E-state index is 0.0869. The molecule has 0 aromatic rings. The molecule has 2 rings (SSSR count). The van der Waals surface area contributed by atoms with Gasteiger partial charge in [-0.2, -0.15) is 0 Å². The number of hydrazine groups is 1. The average molecular weight is 276 g/mol. The maximum Gasteiger partial charge on any atom is 0.111 e. The highest BCUT2D eigenvalue weighted by atomic mass is 15.5. The van der Waals surface area contributed by atoms with Crippen LogP contribution in [0.2, 0.25) is 0 Å². The standard InChI is InChI=1S/C16H28N4/c1-7-8-20-12-9-17-10-13(16(4,5)6)18-15(12)14(19-20)11(2)3/h9,11,17,19H,7-8,10H2,1-6H3. The normalized spacial score (nSPS) is 19.2. The van der Waals surface area contributed by atoms with Crippen LogP contribution in [-0.2, 0) is 0 Å². The lowest BCUT2D eigenvalue weighted by molar-refractivity contribution is 0.292. The largest absolute Gasteiger partial charge is 0.384 e. The maximum absolute atomic E-state index is 5.01. The third-order valence-electron chi connectivity index (χ3n) is 3.69. The highest BCUT2D eigenvalue weighted by Gasteiger charge is 2.31. The van der Waals surface area contributed by atoms with Crippen molar-refractivity contribution in [3.63, 3.8) is 0 Å². The number of hydrogen-bond donors (Lipinski definition) is 2. The fourth-order valence-corrected chi connectivity index (χ4v) is 2.44. The van der Waals surface area contributed by atoms with Gasteiger partial charge in [-0.25, -0.2) is 0 Å². The molecule has 0 saturated heterocycles. The molecule has 0 fully saturated rings. The zero-order valence-corrected chi connectivity index (χ0v) is 13.7. The van der Waals surface area contributed by atoms with Crippen molar-refractivity contribution in [3.8, 4) is 0 Å². The average Bonchev–Trinajstić information content (AvgIpc) is 2.55. The summed E-state index contributed by atoms with van der Waals surface area (Å²) in [6.07, 6.45) is 3.22. The molecular formula is C16H28N4. The van der Waals surface area contributed by atoms with Crippen molar-refractivity contribution in [2.45, 2.75) is 48.0 Å². The van der Waals surface area contributed by atoms with E-state index in [1.54, 1.807) is 0 Å². The van der Waals surface area contributed by atoms with Gasteiger partial charge in [-0.3, -0.25) is 15.4 Å². The minimum absolute atomic E-state index is 0.0869. The van der Waals surface area contributed by atoms with Crippen LogP contribution in [-0.4, -0.2) is 23.8 Å². The van der Waals surface area contributed by atoms with Crippen LogP contribution in [0.4, 0.5) is 0 Å². The summed E-state index contributed by atoms with van der Waals surface area (Å²) in [5, 5.41) is 5.63. The molecule has 2 heterocycles. The Hall–Kier alpha value is -1.45. The van der Waals surface area contributed by atoms with Crippen molar-refractivity contribution in [2.24, 2.45) is 16.3 Å². The van der Waals surface area contributed by atoms with Gasteiger partial charge in [0.15, 0.2) is 0 Å². The monoisotopic (exact) mass is 276 g/mol. The predicted molar refractivity (Wildman–Crippen MR) is 85.0 cm³/mol. The number of nitrogens with one attached hydrogen (secondary N) is 2. The minimum Gasteiger partial charge on any atom is -0.384 e. The van der Waals surface area contributed by atoms with Crippen LogP contribution in [0, 0.1) is 11.3 Å². The first kappa shape index (κ1) is 14.9. The molecule has 0 atom stereocenters. The Kier molecular flexibility index (Phi) is 4.11. The van der Waals surface area contributed by atoms with E-state index >= 15 is 0 Å². The summed E-state index contributed by atoms with van der Waals surface area (Å²) in [5.74, 6) is 0.443. The Bertz CT molecular complexity index is 463. The lowest BCUT2D eigenvalue weighted by Crippen LogP contribution is -2.34. The summed E-state index contributed by atoms with van der Waals surface area (Å²) in [6.45, 7) is 15.1. The SMILES string of the molecule is CCCN1NC(C(C)C)=C2N=C(C(C)(C)C)CNC=C21. The van der Waals surface area contributed by atoms with Gasteiger partial charge in [-0.05, 0) is 12.3 Å². The molecule has 0 radical (unpaired) electrons. The van der Waals surface area contributed by atoms with E-state index in [2.05, 4.69) is 63.5 Å². The number of rotatable bonds is 3. The molecule has 0 bridgehead atoms. The van der Waals surface area contributed by atoms with Gasteiger partial charge in [0, 0.05) is 23.9 Å². The second-order valence-electron chi connectivity index (χ2n) is 6.90. The number of fused-ring (bicyclic) bond motifs is 1. The van der Waals surface area contributed by atoms with E-state index in [-0.39, 0.29) is 5.41 Å². The van der Waals surface area contributed by atoms with Gasteiger partial charge < -0.3 is 5.32 Å². The number of hydrogen-bond acceptors (Lipinski definition) is 4. The van der Waals surface area contributed by atoms with Crippen LogP contribution < -0.4 is 10.7 Å². The zero-order chi connectivity index (χ0) is 14.9. The third-order valence-corrected chi connectivity index (χ3v) is 3.69. The lowest BCUT2D eigenvalue weighted by Gasteiger charge is -2.22. The summed E-state index contributed by atoms with van der Waals surface area (Å²) in [5.41, 5.74) is 8.34. The van der Waals surface area contributed by atoms with Gasteiger partial charge in [-0.15, -0.1) is 0 Å². The van der Waals surface area contributed by atoms with E-state index in [1.807, 2.05) is 0 Å². The summed E-state index contributed by atoms with van der Waals surface area (Å²) < 4.78 is 0. The van der Waals surface area contributed by atoms with Gasteiger partial charge >= 0.3 is 0 Å². The Morgan fingerprint density at radius 2 is 2.05 bits per heavy atom. The Morgan fingerprint density at radius 3 is 2.60 bits per heavy atom. The van der Waals surface area contributed by atoms with Crippen molar-refractivity contribution in [1.82, 2.24) is 15.8 Å². The molecule has 0 spiro atoms. The molecule has 2 aliphatic rings. The first-order valence-electron chi connectivity index (χ1n) is 7.65. The Balaban J connectivity index is 2.44. The van der Waals surface area contributed by atoms with Crippen LogP contribution in [0.1, 0.15) is 48.0 Å². The molecule has 0 aromatic carbocycles. The molecule has 20 heavy (non-hydrogen) atoms. The fraction of sp³-hybridized carbons (Fsp3) is 0.688. The molecule has 4 nitrogen and oxygen atoms in total. The smallest absolute Gasteiger partial charge is 0.111 e. The summed E-state index contributed by atoms with van der Waals surface area (Å²) in [6, 6.07) is 0. The first-order valence-corrected chi connectivity index (χ1v) is 7.65. The molecule has 4 heteroatoms. The van der Waals surface area contributed by atoms with E-state index in [0.29, 0.717) is 5.92 Å². The third kappa shape index (κ3) is 2.84. The number of nitrogens with zero attached hydrogens (tertiary/aromatic N) is 2. The van der Waals surface area contributed by atoms with Crippen LogP contribution in [0.3, 0.4) is 0 Å². The number of allylic oxidation sites excluding steroid dienone is 1. The van der Waals surface area contributed by atoms with Crippen molar-refractivity contribution in [2.75, 3.05) is 13.1 Å². The first-order chi connectivity index (χ1) is 9.34. The predicted octanol–water partition coefficient (Wildman–Crippen LogP) is 3.02. The van der Waals surface area contributed by atoms with Crippen LogP contribution in [0.5, 0.6) is 0 Å². The summed E-state index contributed by atoms with van der Waals surface area (Å²) in [4.78, 5) is 5.01. The maximum atomic E-state index is 5.01. The summed E-state index contributed by atoms with van der Waals surface area (Å²) in [7, 11) is 0. The van der Waals surface area contributed by atoms with Crippen molar-refractivity contribution < 1.29 is 0 Å². The van der Waals surface area contributed by atoms with Gasteiger partial charge in [0.25, 0.3) is 0 Å². The topological polar surface area (TPSA) is 39.7 Å². The second-order valence-corrected chi connectivity index (χ2v) is 6.90. The van der Waals surface area contributed by atoms with Crippen molar-refractivity contribution in [3.05, 3.63) is 23.3 Å². The molecule has 2 N–H and O–H groups in total.